The van der Waals surface area contributed by atoms with Crippen molar-refractivity contribution in [2.24, 2.45) is 0 Å². The first-order valence-electron chi connectivity index (χ1n) is 7.14. The van der Waals surface area contributed by atoms with Crippen molar-refractivity contribution in [1.29, 1.82) is 0 Å². The average molecular weight is 274 g/mol. The molecule has 0 aliphatic heterocycles. The zero-order valence-electron chi connectivity index (χ0n) is 12.1. The summed E-state index contributed by atoms with van der Waals surface area (Å²) in [5.74, 6) is 0.868. The second-order valence-electron chi connectivity index (χ2n) is 5.18. The van der Waals surface area contributed by atoms with Crippen LogP contribution in [-0.4, -0.2) is 0 Å². The maximum absolute atomic E-state index is 6.37. The topological polar surface area (TPSA) is 9.23 Å². The van der Waals surface area contributed by atoms with Crippen molar-refractivity contribution < 1.29 is 4.74 Å². The van der Waals surface area contributed by atoms with E-state index in [9.17, 15) is 0 Å². The second-order valence-corrected chi connectivity index (χ2v) is 5.18. The molecule has 1 nitrogen and oxygen atoms in total. The fourth-order valence-electron chi connectivity index (χ4n) is 2.52. The molecule has 0 aliphatic carbocycles. The molecule has 0 atom stereocenters. The molecule has 0 saturated carbocycles. The fraction of sp³-hybridized carbons (Fsp3) is 0.100. The minimum absolute atomic E-state index is 0.510. The van der Waals surface area contributed by atoms with Gasteiger partial charge in [0.05, 0.1) is 0 Å². The summed E-state index contributed by atoms with van der Waals surface area (Å²) in [5.41, 5.74) is 1.77. The second kappa shape index (κ2) is 5.84. The van der Waals surface area contributed by atoms with Gasteiger partial charge in [0, 0.05) is 0 Å². The van der Waals surface area contributed by atoms with E-state index in [1.165, 1.54) is 0 Å². The lowest BCUT2D eigenvalue weighted by Crippen LogP contribution is -2.30. The molecule has 3 rings (SSSR count). The van der Waals surface area contributed by atoms with Crippen LogP contribution in [0.25, 0.3) is 0 Å². The van der Waals surface area contributed by atoms with Crippen LogP contribution in [-0.2, 0) is 5.60 Å². The molecule has 0 amide bonds. The smallest absolute Gasteiger partial charge is 0.156 e. The first kappa shape index (κ1) is 13.4. The predicted molar refractivity (Wildman–Crippen MR) is 86.4 cm³/mol. The third-order valence-corrected chi connectivity index (χ3v) is 3.71. The molecule has 0 spiro atoms. The lowest BCUT2D eigenvalue weighted by Gasteiger charge is -2.32. The normalized spacial score (nSPS) is 11.1. The Kier molecular flexibility index (Phi) is 3.74. The molecular formula is C20H18O. The number of hydrogen-bond acceptors (Lipinski definition) is 1. The van der Waals surface area contributed by atoms with Crippen LogP contribution in [0.5, 0.6) is 5.75 Å². The molecule has 0 saturated heterocycles. The molecule has 104 valence electrons. The van der Waals surface area contributed by atoms with Crippen LogP contribution >= 0.6 is 0 Å². The van der Waals surface area contributed by atoms with Crippen molar-refractivity contribution in [2.45, 2.75) is 12.5 Å². The molecule has 21 heavy (non-hydrogen) atoms. The highest BCUT2D eigenvalue weighted by molar-refractivity contribution is 5.37. The van der Waals surface area contributed by atoms with E-state index in [0.29, 0.717) is 0 Å². The summed E-state index contributed by atoms with van der Waals surface area (Å²) in [6, 6.07) is 30.6. The Morgan fingerprint density at radius 2 is 0.952 bits per heavy atom. The van der Waals surface area contributed by atoms with E-state index in [0.717, 1.165) is 16.9 Å². The Morgan fingerprint density at radius 3 is 1.38 bits per heavy atom. The van der Waals surface area contributed by atoms with Gasteiger partial charge in [0.1, 0.15) is 5.75 Å². The Morgan fingerprint density at radius 1 is 0.571 bits per heavy atom. The third-order valence-electron chi connectivity index (χ3n) is 3.71. The van der Waals surface area contributed by atoms with Gasteiger partial charge in [-0.1, -0.05) is 78.9 Å². The van der Waals surface area contributed by atoms with E-state index in [-0.39, 0.29) is 0 Å². The molecule has 0 fully saturated rings. The zero-order chi connectivity index (χ0) is 14.5. The van der Waals surface area contributed by atoms with E-state index in [4.69, 9.17) is 4.74 Å². The van der Waals surface area contributed by atoms with Crippen LogP contribution in [0.2, 0.25) is 0 Å². The van der Waals surface area contributed by atoms with Gasteiger partial charge in [0.25, 0.3) is 0 Å². The lowest BCUT2D eigenvalue weighted by molar-refractivity contribution is 0.132. The highest BCUT2D eigenvalue weighted by Gasteiger charge is 2.30. The van der Waals surface area contributed by atoms with Gasteiger partial charge in [-0.3, -0.25) is 0 Å². The molecule has 0 N–H and O–H groups in total. The molecule has 1 heteroatoms. The molecule has 0 bridgehead atoms. The molecule has 3 aromatic carbocycles. The summed E-state index contributed by atoms with van der Waals surface area (Å²) in [5, 5.41) is 0. The zero-order valence-corrected chi connectivity index (χ0v) is 12.1. The van der Waals surface area contributed by atoms with Crippen LogP contribution in [0, 0.1) is 0 Å². The van der Waals surface area contributed by atoms with E-state index < -0.39 is 5.60 Å². The van der Waals surface area contributed by atoms with Crippen molar-refractivity contribution in [3.63, 3.8) is 0 Å². The molecular weight excluding hydrogens is 256 g/mol. The molecule has 0 radical (unpaired) electrons. The van der Waals surface area contributed by atoms with Crippen LogP contribution < -0.4 is 4.74 Å². The van der Waals surface area contributed by atoms with Gasteiger partial charge >= 0.3 is 0 Å². The maximum atomic E-state index is 6.37. The largest absolute Gasteiger partial charge is 0.478 e. The Balaban J connectivity index is 2.07. The quantitative estimate of drug-likeness (QED) is 0.648. The Labute approximate surface area is 125 Å². The molecule has 3 aromatic rings. The number of ether oxygens (including phenoxy) is 1. The maximum Gasteiger partial charge on any atom is 0.156 e. The predicted octanol–water partition coefficient (Wildman–Crippen LogP) is 5.03. The SMILES string of the molecule is CC(Oc1ccccc1)(c1ccccc1)c1ccccc1. The van der Waals surface area contributed by atoms with Crippen LogP contribution in [0.15, 0.2) is 91.0 Å². The number of hydrogen-bond donors (Lipinski definition) is 0. The van der Waals surface area contributed by atoms with E-state index in [2.05, 4.69) is 31.2 Å². The van der Waals surface area contributed by atoms with Crippen molar-refractivity contribution >= 4 is 0 Å². The van der Waals surface area contributed by atoms with Crippen LogP contribution in [0.3, 0.4) is 0 Å². The third kappa shape index (κ3) is 2.82. The molecule has 0 unspecified atom stereocenters. The first-order chi connectivity index (χ1) is 10.3. The lowest BCUT2D eigenvalue weighted by atomic mass is 9.88. The highest BCUT2D eigenvalue weighted by atomic mass is 16.5. The van der Waals surface area contributed by atoms with Gasteiger partial charge < -0.3 is 4.74 Å². The summed E-state index contributed by atoms with van der Waals surface area (Å²) in [4.78, 5) is 0. The van der Waals surface area contributed by atoms with Gasteiger partial charge in [-0.15, -0.1) is 0 Å². The van der Waals surface area contributed by atoms with Crippen molar-refractivity contribution in [3.8, 4) is 5.75 Å². The monoisotopic (exact) mass is 274 g/mol. The molecule has 0 aromatic heterocycles. The summed E-state index contributed by atoms with van der Waals surface area (Å²) in [6.07, 6.45) is 0. The summed E-state index contributed by atoms with van der Waals surface area (Å²) >= 11 is 0. The van der Waals surface area contributed by atoms with Gasteiger partial charge in [0.15, 0.2) is 5.60 Å². The van der Waals surface area contributed by atoms with E-state index >= 15 is 0 Å². The van der Waals surface area contributed by atoms with E-state index in [1.807, 2.05) is 66.7 Å². The van der Waals surface area contributed by atoms with Crippen molar-refractivity contribution in [1.82, 2.24) is 0 Å². The minimum atomic E-state index is -0.510. The van der Waals surface area contributed by atoms with Crippen molar-refractivity contribution in [2.75, 3.05) is 0 Å². The van der Waals surface area contributed by atoms with Gasteiger partial charge in [-0.25, -0.2) is 0 Å². The van der Waals surface area contributed by atoms with Crippen LogP contribution in [0.4, 0.5) is 0 Å². The first-order valence-corrected chi connectivity index (χ1v) is 7.14. The molecule has 0 heterocycles. The average Bonchev–Trinajstić information content (AvgIpc) is 2.57. The van der Waals surface area contributed by atoms with Gasteiger partial charge in [-0.05, 0) is 30.2 Å². The number of benzene rings is 3. The van der Waals surface area contributed by atoms with Crippen molar-refractivity contribution in [3.05, 3.63) is 102 Å². The van der Waals surface area contributed by atoms with E-state index in [1.54, 1.807) is 0 Å². The standard InChI is InChI=1S/C20H18O/c1-20(17-11-5-2-6-12-17,18-13-7-3-8-14-18)21-19-15-9-4-10-16-19/h2-16H,1H3. The van der Waals surface area contributed by atoms with Crippen LogP contribution in [0.1, 0.15) is 18.1 Å². The fourth-order valence-corrected chi connectivity index (χ4v) is 2.52. The summed E-state index contributed by atoms with van der Waals surface area (Å²) in [7, 11) is 0. The summed E-state index contributed by atoms with van der Waals surface area (Å²) < 4.78 is 6.37. The van der Waals surface area contributed by atoms with Gasteiger partial charge in [-0.2, -0.15) is 0 Å². The number of rotatable bonds is 4. The highest BCUT2D eigenvalue weighted by Crippen LogP contribution is 2.34. The summed E-state index contributed by atoms with van der Waals surface area (Å²) in [6.45, 7) is 2.12. The Hall–Kier alpha value is -2.54. The minimum Gasteiger partial charge on any atom is -0.478 e. The molecule has 0 aliphatic rings. The Bertz CT molecular complexity index is 635. The van der Waals surface area contributed by atoms with Gasteiger partial charge in [0.2, 0.25) is 0 Å². The number of para-hydroxylation sites is 1.